The number of thiophene rings is 1. The molecule has 0 aliphatic heterocycles. The Bertz CT molecular complexity index is 372. The lowest BCUT2D eigenvalue weighted by molar-refractivity contribution is -0.135. The van der Waals surface area contributed by atoms with Gasteiger partial charge in [-0.2, -0.15) is 0 Å². The molecule has 2 N–H and O–H groups in total. The Hall–Kier alpha value is -0.870. The van der Waals surface area contributed by atoms with Gasteiger partial charge in [-0.3, -0.25) is 4.79 Å². The SMILES string of the molecule is CCC(CC)N(CC(C)C)C(=O)C(N)c1cccs1. The van der Waals surface area contributed by atoms with Crippen LogP contribution in [0.4, 0.5) is 0 Å². The van der Waals surface area contributed by atoms with Gasteiger partial charge in [-0.15, -0.1) is 11.3 Å². The largest absolute Gasteiger partial charge is 0.338 e. The molecule has 0 aliphatic rings. The van der Waals surface area contributed by atoms with Gasteiger partial charge in [0.1, 0.15) is 6.04 Å². The van der Waals surface area contributed by atoms with E-state index in [-0.39, 0.29) is 5.91 Å². The van der Waals surface area contributed by atoms with Gasteiger partial charge in [-0.1, -0.05) is 33.8 Å². The number of amides is 1. The number of hydrogen-bond acceptors (Lipinski definition) is 3. The van der Waals surface area contributed by atoms with Gasteiger partial charge in [-0.25, -0.2) is 0 Å². The minimum absolute atomic E-state index is 0.0600. The monoisotopic (exact) mass is 282 g/mol. The van der Waals surface area contributed by atoms with Crippen LogP contribution in [0.2, 0.25) is 0 Å². The van der Waals surface area contributed by atoms with Crippen LogP contribution in [0.3, 0.4) is 0 Å². The molecule has 0 aromatic carbocycles. The molecule has 0 aliphatic carbocycles. The first-order chi connectivity index (χ1) is 9.01. The van der Waals surface area contributed by atoms with Crippen LogP contribution in [0.25, 0.3) is 0 Å². The summed E-state index contributed by atoms with van der Waals surface area (Å²) in [6.45, 7) is 9.32. The van der Waals surface area contributed by atoms with Crippen molar-refractivity contribution in [3.05, 3.63) is 22.4 Å². The van der Waals surface area contributed by atoms with E-state index < -0.39 is 6.04 Å². The molecular weight excluding hydrogens is 256 g/mol. The van der Waals surface area contributed by atoms with Gasteiger partial charge in [-0.05, 0) is 30.2 Å². The third kappa shape index (κ3) is 4.32. The Kier molecular flexibility index (Phi) is 6.52. The van der Waals surface area contributed by atoms with Crippen molar-refractivity contribution < 1.29 is 4.79 Å². The van der Waals surface area contributed by atoms with Gasteiger partial charge in [0, 0.05) is 17.5 Å². The zero-order valence-electron chi connectivity index (χ0n) is 12.4. The van der Waals surface area contributed by atoms with Crippen molar-refractivity contribution in [1.29, 1.82) is 0 Å². The molecule has 1 heterocycles. The quantitative estimate of drug-likeness (QED) is 0.833. The fraction of sp³-hybridized carbons (Fsp3) is 0.667. The van der Waals surface area contributed by atoms with E-state index in [1.807, 2.05) is 22.4 Å². The normalized spacial score (nSPS) is 13.0. The summed E-state index contributed by atoms with van der Waals surface area (Å²) >= 11 is 1.55. The van der Waals surface area contributed by atoms with E-state index in [4.69, 9.17) is 5.73 Å². The summed E-state index contributed by atoms with van der Waals surface area (Å²) in [6, 6.07) is 3.66. The van der Waals surface area contributed by atoms with E-state index in [1.54, 1.807) is 11.3 Å². The van der Waals surface area contributed by atoms with Crippen LogP contribution in [0.5, 0.6) is 0 Å². The fourth-order valence-electron chi connectivity index (χ4n) is 2.31. The maximum Gasteiger partial charge on any atom is 0.245 e. The minimum Gasteiger partial charge on any atom is -0.338 e. The predicted octanol–water partition coefficient (Wildman–Crippen LogP) is 3.42. The molecule has 1 aromatic rings. The maximum atomic E-state index is 12.6. The molecule has 4 heteroatoms. The molecule has 0 spiro atoms. The highest BCUT2D eigenvalue weighted by molar-refractivity contribution is 7.10. The van der Waals surface area contributed by atoms with Gasteiger partial charge in [0.05, 0.1) is 0 Å². The fourth-order valence-corrected chi connectivity index (χ4v) is 3.03. The Morgan fingerprint density at radius 1 is 1.37 bits per heavy atom. The Morgan fingerprint density at radius 2 is 2.00 bits per heavy atom. The van der Waals surface area contributed by atoms with E-state index in [1.165, 1.54) is 0 Å². The van der Waals surface area contributed by atoms with Gasteiger partial charge >= 0.3 is 0 Å². The molecule has 0 fully saturated rings. The first kappa shape index (κ1) is 16.2. The average Bonchev–Trinajstić information content (AvgIpc) is 2.90. The smallest absolute Gasteiger partial charge is 0.245 e. The summed E-state index contributed by atoms with van der Waals surface area (Å²) in [5, 5.41) is 1.96. The molecule has 1 aromatic heterocycles. The maximum absolute atomic E-state index is 12.6. The summed E-state index contributed by atoms with van der Waals surface area (Å²) < 4.78 is 0. The van der Waals surface area contributed by atoms with Crippen molar-refractivity contribution in [2.45, 2.75) is 52.6 Å². The Labute approximate surface area is 120 Å². The lowest BCUT2D eigenvalue weighted by Crippen LogP contribution is -2.46. The molecular formula is C15H26N2OS. The van der Waals surface area contributed by atoms with Crippen LogP contribution in [0.1, 0.15) is 51.5 Å². The van der Waals surface area contributed by atoms with Crippen LogP contribution in [0, 0.1) is 5.92 Å². The molecule has 1 amide bonds. The molecule has 0 saturated heterocycles. The average molecular weight is 282 g/mol. The number of rotatable bonds is 7. The van der Waals surface area contributed by atoms with E-state index in [0.29, 0.717) is 12.0 Å². The van der Waals surface area contributed by atoms with Crippen molar-refractivity contribution in [3.63, 3.8) is 0 Å². The zero-order valence-corrected chi connectivity index (χ0v) is 13.2. The summed E-state index contributed by atoms with van der Waals surface area (Å²) in [7, 11) is 0. The zero-order chi connectivity index (χ0) is 14.4. The van der Waals surface area contributed by atoms with Crippen molar-refractivity contribution in [3.8, 4) is 0 Å². The molecule has 108 valence electrons. The van der Waals surface area contributed by atoms with Crippen molar-refractivity contribution in [1.82, 2.24) is 4.90 Å². The topological polar surface area (TPSA) is 46.3 Å². The second-order valence-corrected chi connectivity index (χ2v) is 6.33. The van der Waals surface area contributed by atoms with Gasteiger partial charge in [0.2, 0.25) is 5.91 Å². The molecule has 0 bridgehead atoms. The van der Waals surface area contributed by atoms with Crippen LogP contribution in [-0.4, -0.2) is 23.4 Å². The molecule has 0 saturated carbocycles. The molecule has 1 rings (SSSR count). The summed E-state index contributed by atoms with van der Waals surface area (Å²) in [6.07, 6.45) is 1.96. The first-order valence-electron chi connectivity index (χ1n) is 7.10. The molecule has 3 nitrogen and oxygen atoms in total. The lowest BCUT2D eigenvalue weighted by atomic mass is 10.1. The van der Waals surface area contributed by atoms with Gasteiger partial charge < -0.3 is 10.6 Å². The third-order valence-corrected chi connectivity index (χ3v) is 4.30. The number of nitrogens with zero attached hydrogens (tertiary/aromatic N) is 1. The van der Waals surface area contributed by atoms with Crippen LogP contribution >= 0.6 is 11.3 Å². The molecule has 1 atom stereocenters. The molecule has 19 heavy (non-hydrogen) atoms. The highest BCUT2D eigenvalue weighted by Crippen LogP contribution is 2.22. The second kappa shape index (κ2) is 7.65. The van der Waals surface area contributed by atoms with Crippen molar-refractivity contribution in [2.75, 3.05) is 6.54 Å². The van der Waals surface area contributed by atoms with E-state index in [2.05, 4.69) is 27.7 Å². The summed E-state index contributed by atoms with van der Waals surface area (Å²) in [5.41, 5.74) is 6.13. The predicted molar refractivity (Wildman–Crippen MR) is 82.2 cm³/mol. The van der Waals surface area contributed by atoms with Crippen LogP contribution in [0.15, 0.2) is 17.5 Å². The molecule has 0 radical (unpaired) electrons. The first-order valence-corrected chi connectivity index (χ1v) is 7.98. The summed E-state index contributed by atoms with van der Waals surface area (Å²) in [5.74, 6) is 0.518. The van der Waals surface area contributed by atoms with Gasteiger partial charge in [0.25, 0.3) is 0 Å². The third-order valence-electron chi connectivity index (χ3n) is 3.34. The number of carbonyl (C=O) groups is 1. The Morgan fingerprint density at radius 3 is 2.42 bits per heavy atom. The molecule has 1 unspecified atom stereocenters. The van der Waals surface area contributed by atoms with Crippen molar-refractivity contribution in [2.24, 2.45) is 11.7 Å². The highest BCUT2D eigenvalue weighted by Gasteiger charge is 2.27. The minimum atomic E-state index is -0.514. The Balaban J connectivity index is 2.87. The van der Waals surface area contributed by atoms with E-state index in [0.717, 1.165) is 24.3 Å². The van der Waals surface area contributed by atoms with E-state index >= 15 is 0 Å². The van der Waals surface area contributed by atoms with Crippen LogP contribution < -0.4 is 5.73 Å². The number of hydrogen-bond donors (Lipinski definition) is 1. The lowest BCUT2D eigenvalue weighted by Gasteiger charge is -2.33. The number of carbonyl (C=O) groups excluding carboxylic acids is 1. The van der Waals surface area contributed by atoms with Gasteiger partial charge in [0.15, 0.2) is 0 Å². The summed E-state index contributed by atoms with van der Waals surface area (Å²) in [4.78, 5) is 15.6. The second-order valence-electron chi connectivity index (χ2n) is 5.35. The highest BCUT2D eigenvalue weighted by atomic mass is 32.1. The number of nitrogens with two attached hydrogens (primary N) is 1. The standard InChI is InChI=1S/C15H26N2OS/c1-5-12(6-2)17(10-11(3)4)15(18)14(16)13-8-7-9-19-13/h7-9,11-12,14H,5-6,10,16H2,1-4H3. The van der Waals surface area contributed by atoms with Crippen LogP contribution in [-0.2, 0) is 4.79 Å². The van der Waals surface area contributed by atoms with Crippen molar-refractivity contribution >= 4 is 17.2 Å². The van der Waals surface area contributed by atoms with E-state index in [9.17, 15) is 4.79 Å².